The maximum Gasteiger partial charge on any atom is 0.224 e. The second-order valence-corrected chi connectivity index (χ2v) is 5.49. The Labute approximate surface area is 112 Å². The van der Waals surface area contributed by atoms with Crippen molar-refractivity contribution in [3.05, 3.63) is 16.0 Å². The lowest BCUT2D eigenvalue weighted by molar-refractivity contribution is 0.288. The molecule has 2 unspecified atom stereocenters. The number of halogens is 2. The molecule has 0 saturated heterocycles. The molecule has 0 aliphatic heterocycles. The van der Waals surface area contributed by atoms with E-state index < -0.39 is 0 Å². The van der Waals surface area contributed by atoms with Crippen LogP contribution < -0.4 is 5.32 Å². The molecule has 4 nitrogen and oxygen atoms in total. The molecule has 0 fully saturated rings. The number of aromatic nitrogens is 2. The normalized spacial score (nSPS) is 14.6. The van der Waals surface area contributed by atoms with Crippen molar-refractivity contribution in [2.24, 2.45) is 0 Å². The molecule has 0 spiro atoms. The monoisotopic (exact) mass is 325 g/mol. The van der Waals surface area contributed by atoms with Crippen LogP contribution in [-0.4, -0.2) is 39.2 Å². The van der Waals surface area contributed by atoms with Gasteiger partial charge in [-0.2, -0.15) is 16.7 Å². The number of hydrogen-bond acceptors (Lipinski definition) is 5. The van der Waals surface area contributed by atoms with Gasteiger partial charge in [0.1, 0.15) is 5.82 Å². The van der Waals surface area contributed by atoms with Gasteiger partial charge in [0.2, 0.25) is 5.28 Å². The van der Waals surface area contributed by atoms with E-state index >= 15 is 0 Å². The average molecular weight is 327 g/mol. The molecule has 0 saturated carbocycles. The van der Waals surface area contributed by atoms with Crippen molar-refractivity contribution in [2.75, 3.05) is 18.2 Å². The molecular formula is C9H13BrClN3OS. The van der Waals surface area contributed by atoms with E-state index in [2.05, 4.69) is 31.2 Å². The highest BCUT2D eigenvalue weighted by Crippen LogP contribution is 2.23. The molecule has 2 N–H and O–H groups in total. The van der Waals surface area contributed by atoms with E-state index in [0.717, 1.165) is 4.47 Å². The van der Waals surface area contributed by atoms with E-state index in [9.17, 15) is 0 Å². The largest absolute Gasteiger partial charge is 0.395 e. The van der Waals surface area contributed by atoms with Crippen LogP contribution >= 0.6 is 39.3 Å². The number of nitrogens with zero attached hydrogens (tertiary/aromatic N) is 2. The van der Waals surface area contributed by atoms with Crippen LogP contribution in [0.15, 0.2) is 10.7 Å². The Morgan fingerprint density at radius 3 is 2.94 bits per heavy atom. The van der Waals surface area contributed by atoms with Gasteiger partial charge >= 0.3 is 0 Å². The average Bonchev–Trinajstić information content (AvgIpc) is 2.25. The third-order valence-corrected chi connectivity index (χ3v) is 4.04. The zero-order chi connectivity index (χ0) is 12.1. The zero-order valence-corrected chi connectivity index (χ0v) is 12.1. The van der Waals surface area contributed by atoms with Crippen LogP contribution in [0.2, 0.25) is 5.28 Å². The summed E-state index contributed by atoms with van der Waals surface area (Å²) in [4.78, 5) is 7.91. The molecule has 1 aromatic rings. The van der Waals surface area contributed by atoms with E-state index in [4.69, 9.17) is 16.7 Å². The van der Waals surface area contributed by atoms with Gasteiger partial charge in [-0.15, -0.1) is 0 Å². The molecule has 0 bridgehead atoms. The van der Waals surface area contributed by atoms with Gasteiger partial charge in [-0.25, -0.2) is 4.98 Å². The fourth-order valence-electron chi connectivity index (χ4n) is 1.19. The summed E-state index contributed by atoms with van der Waals surface area (Å²) < 4.78 is 0.751. The third-order valence-electron chi connectivity index (χ3n) is 2.12. The van der Waals surface area contributed by atoms with Crippen LogP contribution in [-0.2, 0) is 0 Å². The lowest BCUT2D eigenvalue weighted by Crippen LogP contribution is -2.31. The highest BCUT2D eigenvalue weighted by Gasteiger charge is 2.16. The first-order valence-corrected chi connectivity index (χ1v) is 7.12. The van der Waals surface area contributed by atoms with Crippen LogP contribution in [0.25, 0.3) is 0 Å². The number of hydrogen-bond donors (Lipinski definition) is 2. The number of rotatable bonds is 5. The summed E-state index contributed by atoms with van der Waals surface area (Å²) in [6.07, 6.45) is 3.55. The first kappa shape index (κ1) is 14.0. The molecule has 7 heteroatoms. The van der Waals surface area contributed by atoms with Gasteiger partial charge in [0, 0.05) is 17.5 Å². The highest BCUT2D eigenvalue weighted by molar-refractivity contribution is 9.10. The minimum Gasteiger partial charge on any atom is -0.395 e. The minimum atomic E-state index is 0.0854. The fourth-order valence-corrected chi connectivity index (χ4v) is 2.26. The topological polar surface area (TPSA) is 58.0 Å². The quantitative estimate of drug-likeness (QED) is 0.814. The van der Waals surface area contributed by atoms with E-state index in [1.54, 1.807) is 18.0 Å². The van der Waals surface area contributed by atoms with Crippen molar-refractivity contribution < 1.29 is 5.11 Å². The molecule has 16 heavy (non-hydrogen) atoms. The Balaban J connectivity index is 2.75. The molecule has 0 amide bonds. The van der Waals surface area contributed by atoms with Crippen LogP contribution in [0.4, 0.5) is 5.82 Å². The standard InChI is InChI=1S/C9H13BrClN3OS/c1-5(7(4-15)16-2)13-8-6(10)3-12-9(11)14-8/h3,5,7,15H,4H2,1-2H3,(H,12,13,14). The predicted octanol–water partition coefficient (Wildman–Crippen LogP) is 2.42. The summed E-state index contributed by atoms with van der Waals surface area (Å²) >= 11 is 10.6. The summed E-state index contributed by atoms with van der Waals surface area (Å²) in [5, 5.41) is 12.7. The van der Waals surface area contributed by atoms with Crippen molar-refractivity contribution >= 4 is 45.1 Å². The highest BCUT2D eigenvalue weighted by atomic mass is 79.9. The summed E-state index contributed by atoms with van der Waals surface area (Å²) in [7, 11) is 0. The van der Waals surface area contributed by atoms with Crippen LogP contribution in [0.1, 0.15) is 6.92 Å². The summed E-state index contributed by atoms with van der Waals surface area (Å²) in [6, 6.07) is 0.0854. The SMILES string of the molecule is CSC(CO)C(C)Nc1nc(Cl)ncc1Br. The number of nitrogens with one attached hydrogen (secondary N) is 1. The molecule has 1 heterocycles. The second-order valence-electron chi connectivity index (χ2n) is 3.23. The Morgan fingerprint density at radius 2 is 2.38 bits per heavy atom. The summed E-state index contributed by atoms with van der Waals surface area (Å²) in [5.74, 6) is 0.639. The number of aliphatic hydroxyl groups excluding tert-OH is 1. The van der Waals surface area contributed by atoms with Crippen molar-refractivity contribution in [2.45, 2.75) is 18.2 Å². The Morgan fingerprint density at radius 1 is 1.69 bits per heavy atom. The lowest BCUT2D eigenvalue weighted by Gasteiger charge is -2.22. The molecular weight excluding hydrogens is 314 g/mol. The van der Waals surface area contributed by atoms with Crippen molar-refractivity contribution in [1.82, 2.24) is 9.97 Å². The van der Waals surface area contributed by atoms with Crippen molar-refractivity contribution in [3.8, 4) is 0 Å². The number of thioether (sulfide) groups is 1. The van der Waals surface area contributed by atoms with Gasteiger partial charge in [-0.3, -0.25) is 0 Å². The van der Waals surface area contributed by atoms with Gasteiger partial charge in [0.25, 0.3) is 0 Å². The predicted molar refractivity (Wildman–Crippen MR) is 72.2 cm³/mol. The number of aliphatic hydroxyl groups is 1. The van der Waals surface area contributed by atoms with Crippen LogP contribution in [0.3, 0.4) is 0 Å². The first-order chi connectivity index (χ1) is 7.58. The molecule has 1 aromatic heterocycles. The second kappa shape index (κ2) is 6.64. The molecule has 0 radical (unpaired) electrons. The van der Waals surface area contributed by atoms with E-state index in [1.807, 2.05) is 13.2 Å². The summed E-state index contributed by atoms with van der Waals surface area (Å²) in [5.41, 5.74) is 0. The van der Waals surface area contributed by atoms with Crippen molar-refractivity contribution in [3.63, 3.8) is 0 Å². The summed E-state index contributed by atoms with van der Waals surface area (Å²) in [6.45, 7) is 2.10. The third kappa shape index (κ3) is 3.76. The van der Waals surface area contributed by atoms with Gasteiger partial charge in [0.15, 0.2) is 0 Å². The zero-order valence-electron chi connectivity index (χ0n) is 8.94. The minimum absolute atomic E-state index is 0.0854. The fraction of sp³-hybridized carbons (Fsp3) is 0.556. The van der Waals surface area contributed by atoms with Gasteiger partial charge < -0.3 is 10.4 Å². The molecule has 1 rings (SSSR count). The van der Waals surface area contributed by atoms with E-state index in [0.29, 0.717) is 5.82 Å². The maximum atomic E-state index is 9.17. The van der Waals surface area contributed by atoms with Gasteiger partial charge in [0.05, 0.1) is 11.1 Å². The lowest BCUT2D eigenvalue weighted by atomic mass is 10.2. The molecule has 0 aliphatic carbocycles. The van der Waals surface area contributed by atoms with Crippen LogP contribution in [0.5, 0.6) is 0 Å². The maximum absolute atomic E-state index is 9.17. The van der Waals surface area contributed by atoms with Crippen molar-refractivity contribution in [1.29, 1.82) is 0 Å². The first-order valence-electron chi connectivity index (χ1n) is 4.66. The Bertz CT molecular complexity index is 352. The molecule has 90 valence electrons. The molecule has 0 aliphatic rings. The molecule has 2 atom stereocenters. The smallest absolute Gasteiger partial charge is 0.224 e. The van der Waals surface area contributed by atoms with E-state index in [1.165, 1.54) is 0 Å². The van der Waals surface area contributed by atoms with Crippen LogP contribution in [0, 0.1) is 0 Å². The van der Waals surface area contributed by atoms with E-state index in [-0.39, 0.29) is 23.2 Å². The molecule has 0 aromatic carbocycles. The Hall–Kier alpha value is -0.0400. The Kier molecular flexibility index (Phi) is 5.82. The number of anilines is 1. The van der Waals surface area contributed by atoms with Gasteiger partial charge in [-0.1, -0.05) is 0 Å². The van der Waals surface area contributed by atoms with Gasteiger partial charge in [-0.05, 0) is 40.7 Å².